The van der Waals surface area contributed by atoms with Crippen LogP contribution in [0.5, 0.6) is 5.75 Å². The van der Waals surface area contributed by atoms with Crippen LogP contribution >= 0.6 is 11.6 Å². The number of carbonyl (C=O) groups is 1. The van der Waals surface area contributed by atoms with Gasteiger partial charge in [-0.25, -0.2) is 4.68 Å². The highest BCUT2D eigenvalue weighted by Gasteiger charge is 2.07. The van der Waals surface area contributed by atoms with Crippen molar-refractivity contribution in [1.29, 1.82) is 0 Å². The standard InChI is InChI=1S/C13H13ClN2O2/c1-9-7-11(3-4-12(9)14)18-8-13(17)16-6-5-10(2)15-16/h3-7H,8H2,1-2H3. The Bertz CT molecular complexity index is 578. The normalized spacial score (nSPS) is 10.4. The second kappa shape index (κ2) is 5.23. The second-order valence-corrected chi connectivity index (χ2v) is 4.40. The van der Waals surface area contributed by atoms with Crippen molar-refractivity contribution in [3.8, 4) is 5.75 Å². The number of benzene rings is 1. The van der Waals surface area contributed by atoms with E-state index in [0.717, 1.165) is 11.3 Å². The highest BCUT2D eigenvalue weighted by Crippen LogP contribution is 2.20. The summed E-state index contributed by atoms with van der Waals surface area (Å²) in [6, 6.07) is 7.04. The zero-order valence-corrected chi connectivity index (χ0v) is 10.9. The molecule has 0 saturated carbocycles. The molecular weight excluding hydrogens is 252 g/mol. The van der Waals surface area contributed by atoms with Crippen LogP contribution in [0.1, 0.15) is 16.1 Å². The maximum atomic E-state index is 11.7. The molecule has 0 unspecified atom stereocenters. The van der Waals surface area contributed by atoms with Crippen LogP contribution in [0, 0.1) is 13.8 Å². The zero-order chi connectivity index (χ0) is 13.1. The number of nitrogens with zero attached hydrogens (tertiary/aromatic N) is 2. The Hall–Kier alpha value is -1.81. The van der Waals surface area contributed by atoms with Crippen LogP contribution in [-0.2, 0) is 0 Å². The molecule has 4 nitrogen and oxygen atoms in total. The molecule has 1 aromatic heterocycles. The summed E-state index contributed by atoms with van der Waals surface area (Å²) < 4.78 is 6.67. The van der Waals surface area contributed by atoms with Crippen LogP contribution in [0.3, 0.4) is 0 Å². The van der Waals surface area contributed by atoms with Crippen molar-refractivity contribution in [2.45, 2.75) is 13.8 Å². The van der Waals surface area contributed by atoms with Crippen molar-refractivity contribution in [1.82, 2.24) is 9.78 Å². The Labute approximate surface area is 110 Å². The van der Waals surface area contributed by atoms with Gasteiger partial charge in [-0.3, -0.25) is 4.79 Å². The summed E-state index contributed by atoms with van der Waals surface area (Å²) in [6.45, 7) is 3.66. The van der Waals surface area contributed by atoms with E-state index in [1.807, 2.05) is 13.8 Å². The summed E-state index contributed by atoms with van der Waals surface area (Å²) >= 11 is 5.91. The van der Waals surface area contributed by atoms with Crippen LogP contribution in [0.2, 0.25) is 5.02 Å². The summed E-state index contributed by atoms with van der Waals surface area (Å²) in [4.78, 5) is 11.7. The van der Waals surface area contributed by atoms with Crippen LogP contribution in [0.15, 0.2) is 30.5 Å². The van der Waals surface area contributed by atoms with Crippen molar-refractivity contribution in [2.75, 3.05) is 6.61 Å². The fraction of sp³-hybridized carbons (Fsp3) is 0.231. The molecule has 1 heterocycles. The van der Waals surface area contributed by atoms with Crippen LogP contribution in [0.25, 0.3) is 0 Å². The molecule has 0 saturated heterocycles. The van der Waals surface area contributed by atoms with Crippen LogP contribution in [0.4, 0.5) is 0 Å². The number of ether oxygens (including phenoxy) is 1. The first-order chi connectivity index (χ1) is 8.56. The molecule has 0 amide bonds. The Morgan fingerprint density at radius 1 is 1.39 bits per heavy atom. The number of aromatic nitrogens is 2. The lowest BCUT2D eigenvalue weighted by molar-refractivity contribution is 0.0820. The Morgan fingerprint density at radius 2 is 2.17 bits per heavy atom. The molecular formula is C13H13ClN2O2. The third-order valence-corrected chi connectivity index (χ3v) is 2.89. The lowest BCUT2D eigenvalue weighted by Gasteiger charge is -2.06. The average molecular weight is 265 g/mol. The van der Waals surface area contributed by atoms with E-state index >= 15 is 0 Å². The van der Waals surface area contributed by atoms with Gasteiger partial charge >= 0.3 is 0 Å². The molecule has 94 valence electrons. The van der Waals surface area contributed by atoms with Crippen molar-refractivity contribution < 1.29 is 9.53 Å². The highest BCUT2D eigenvalue weighted by atomic mass is 35.5. The van der Waals surface area contributed by atoms with Crippen LogP contribution < -0.4 is 4.74 Å². The largest absolute Gasteiger partial charge is 0.484 e. The van der Waals surface area contributed by atoms with Crippen LogP contribution in [-0.4, -0.2) is 22.3 Å². The molecule has 0 aliphatic rings. The number of rotatable bonds is 3. The molecule has 18 heavy (non-hydrogen) atoms. The summed E-state index contributed by atoms with van der Waals surface area (Å²) in [5, 5.41) is 4.70. The lowest BCUT2D eigenvalue weighted by atomic mass is 10.2. The Kier molecular flexibility index (Phi) is 3.67. The fourth-order valence-electron chi connectivity index (χ4n) is 1.47. The Morgan fingerprint density at radius 3 is 2.78 bits per heavy atom. The number of aryl methyl sites for hydroxylation is 2. The van der Waals surface area contributed by atoms with E-state index in [9.17, 15) is 4.79 Å². The molecule has 2 aromatic rings. The lowest BCUT2D eigenvalue weighted by Crippen LogP contribution is -2.19. The molecule has 0 spiro atoms. The van der Waals surface area contributed by atoms with E-state index in [1.54, 1.807) is 30.5 Å². The number of halogens is 1. The van der Waals surface area contributed by atoms with Gasteiger partial charge in [0, 0.05) is 11.2 Å². The first kappa shape index (κ1) is 12.6. The Balaban J connectivity index is 1.99. The second-order valence-electron chi connectivity index (χ2n) is 4.00. The van der Waals surface area contributed by atoms with Crippen molar-refractivity contribution in [3.05, 3.63) is 46.7 Å². The quantitative estimate of drug-likeness (QED) is 0.856. The smallest absolute Gasteiger partial charge is 0.284 e. The van der Waals surface area contributed by atoms with Gasteiger partial charge in [0.05, 0.1) is 5.69 Å². The first-order valence-electron chi connectivity index (χ1n) is 5.50. The molecule has 0 aliphatic carbocycles. The minimum atomic E-state index is -0.212. The maximum Gasteiger partial charge on any atom is 0.284 e. The predicted molar refractivity (Wildman–Crippen MR) is 69.3 cm³/mol. The molecule has 0 bridgehead atoms. The molecule has 0 radical (unpaired) electrons. The fourth-order valence-corrected chi connectivity index (χ4v) is 1.59. The third kappa shape index (κ3) is 2.90. The topological polar surface area (TPSA) is 44.1 Å². The van der Waals surface area contributed by atoms with E-state index in [1.165, 1.54) is 4.68 Å². The van der Waals surface area contributed by atoms with Gasteiger partial charge in [-0.2, -0.15) is 5.10 Å². The van der Waals surface area contributed by atoms with Crippen molar-refractivity contribution in [2.24, 2.45) is 0 Å². The number of hydrogen-bond acceptors (Lipinski definition) is 3. The van der Waals surface area contributed by atoms with E-state index < -0.39 is 0 Å². The zero-order valence-electron chi connectivity index (χ0n) is 10.2. The highest BCUT2D eigenvalue weighted by molar-refractivity contribution is 6.31. The average Bonchev–Trinajstić information content (AvgIpc) is 2.77. The van der Waals surface area contributed by atoms with Gasteiger partial charge in [-0.1, -0.05) is 11.6 Å². The van der Waals surface area contributed by atoms with Gasteiger partial charge in [0.2, 0.25) is 0 Å². The minimum Gasteiger partial charge on any atom is -0.484 e. The minimum absolute atomic E-state index is 0.0534. The molecule has 0 atom stereocenters. The van der Waals surface area contributed by atoms with Crippen molar-refractivity contribution >= 4 is 17.5 Å². The van der Waals surface area contributed by atoms with Gasteiger partial charge in [0.15, 0.2) is 6.61 Å². The maximum absolute atomic E-state index is 11.7. The predicted octanol–water partition coefficient (Wildman–Crippen LogP) is 2.87. The summed E-state index contributed by atoms with van der Waals surface area (Å²) in [6.07, 6.45) is 1.62. The molecule has 0 fully saturated rings. The summed E-state index contributed by atoms with van der Waals surface area (Å²) in [7, 11) is 0. The van der Waals surface area contributed by atoms with E-state index in [0.29, 0.717) is 10.8 Å². The number of hydrogen-bond donors (Lipinski definition) is 0. The molecule has 5 heteroatoms. The molecule has 1 aromatic carbocycles. The monoisotopic (exact) mass is 264 g/mol. The van der Waals surface area contributed by atoms with E-state index in [2.05, 4.69) is 5.10 Å². The first-order valence-corrected chi connectivity index (χ1v) is 5.88. The van der Waals surface area contributed by atoms with Gasteiger partial charge in [0.25, 0.3) is 5.91 Å². The molecule has 0 N–H and O–H groups in total. The van der Waals surface area contributed by atoms with Gasteiger partial charge in [0.1, 0.15) is 5.75 Å². The van der Waals surface area contributed by atoms with Gasteiger partial charge in [-0.15, -0.1) is 0 Å². The van der Waals surface area contributed by atoms with Crippen molar-refractivity contribution in [3.63, 3.8) is 0 Å². The summed E-state index contributed by atoms with van der Waals surface area (Å²) in [5.74, 6) is 0.407. The summed E-state index contributed by atoms with van der Waals surface area (Å²) in [5.41, 5.74) is 1.71. The van der Waals surface area contributed by atoms with E-state index in [-0.39, 0.29) is 12.5 Å². The number of carbonyl (C=O) groups excluding carboxylic acids is 1. The molecule has 0 aliphatic heterocycles. The SMILES string of the molecule is Cc1ccn(C(=O)COc2ccc(Cl)c(C)c2)n1. The third-order valence-electron chi connectivity index (χ3n) is 2.47. The molecule has 2 rings (SSSR count). The van der Waals surface area contributed by atoms with Gasteiger partial charge < -0.3 is 4.74 Å². The van der Waals surface area contributed by atoms with Gasteiger partial charge in [-0.05, 0) is 43.7 Å². The van der Waals surface area contributed by atoms with E-state index in [4.69, 9.17) is 16.3 Å².